The molecule has 1 aromatic carbocycles. The summed E-state index contributed by atoms with van der Waals surface area (Å²) in [4.78, 5) is 4.53. The van der Waals surface area contributed by atoms with E-state index in [0.29, 0.717) is 24.8 Å². The summed E-state index contributed by atoms with van der Waals surface area (Å²) in [5, 5.41) is 3.27. The fraction of sp³-hybridized carbons (Fsp3) is 0.667. The van der Waals surface area contributed by atoms with Crippen LogP contribution in [0.1, 0.15) is 18.4 Å². The molecule has 1 N–H and O–H groups in total. The van der Waals surface area contributed by atoms with E-state index in [1.165, 1.54) is 12.8 Å². The molecule has 2 heterocycles. The van der Waals surface area contributed by atoms with Gasteiger partial charge in [-0.1, -0.05) is 6.07 Å². The Morgan fingerprint density at radius 2 is 2.04 bits per heavy atom. The van der Waals surface area contributed by atoms with Crippen LogP contribution in [0.3, 0.4) is 0 Å². The van der Waals surface area contributed by atoms with Crippen LogP contribution in [0.4, 0.5) is 10.1 Å². The highest BCUT2D eigenvalue weighted by Gasteiger charge is 2.20. The van der Waals surface area contributed by atoms with Crippen LogP contribution in [-0.2, 0) is 11.3 Å². The van der Waals surface area contributed by atoms with Gasteiger partial charge >= 0.3 is 0 Å². The predicted molar refractivity (Wildman–Crippen MR) is 98.6 cm³/mol. The van der Waals surface area contributed by atoms with Gasteiger partial charge in [0, 0.05) is 26.2 Å². The maximum absolute atomic E-state index is 14.5. The van der Waals surface area contributed by atoms with Gasteiger partial charge in [0.1, 0.15) is 5.82 Å². The number of benzene rings is 1. The number of hydrogen-bond acceptors (Lipinski definition) is 4. The molecule has 0 spiro atoms. The van der Waals surface area contributed by atoms with Gasteiger partial charge in [-0.25, -0.2) is 4.39 Å². The molecule has 0 radical (unpaired) electrons. The number of hydrogen-bond donors (Lipinski definition) is 1. The van der Waals surface area contributed by atoms with Gasteiger partial charge in [0.25, 0.3) is 0 Å². The number of anilines is 1. The van der Waals surface area contributed by atoms with Crippen molar-refractivity contribution >= 4 is 18.1 Å². The summed E-state index contributed by atoms with van der Waals surface area (Å²) in [6, 6.07) is 5.73. The molecule has 0 aliphatic carbocycles. The highest BCUT2D eigenvalue weighted by atomic mass is 35.5. The number of piperidine rings is 1. The first-order chi connectivity index (χ1) is 11.3. The Morgan fingerprint density at radius 1 is 1.25 bits per heavy atom. The van der Waals surface area contributed by atoms with Crippen LogP contribution in [-0.4, -0.2) is 57.9 Å². The quantitative estimate of drug-likeness (QED) is 0.876. The Morgan fingerprint density at radius 3 is 2.75 bits per heavy atom. The second kappa shape index (κ2) is 9.56. The number of halogens is 2. The van der Waals surface area contributed by atoms with E-state index in [0.717, 1.165) is 44.8 Å². The minimum Gasteiger partial charge on any atom is -0.378 e. The van der Waals surface area contributed by atoms with E-state index in [1.54, 1.807) is 6.07 Å². The number of nitrogens with zero attached hydrogens (tertiary/aromatic N) is 2. The van der Waals surface area contributed by atoms with Crippen molar-refractivity contribution in [3.05, 3.63) is 29.6 Å². The zero-order valence-electron chi connectivity index (χ0n) is 14.5. The predicted octanol–water partition coefficient (Wildman–Crippen LogP) is 2.52. The van der Waals surface area contributed by atoms with Crippen molar-refractivity contribution in [2.75, 3.05) is 57.9 Å². The standard InChI is InChI=1S/C18H28FN3O.ClH/c1-20-12-16-3-2-6-21(14-16)13-15-4-5-18(17(19)11-15)22-7-9-23-10-8-22;/h4-5,11,16,20H,2-3,6-10,12-14H2,1H3;1H. The molecule has 0 aromatic heterocycles. The number of morpholine rings is 1. The molecule has 1 aromatic rings. The molecule has 2 aliphatic rings. The zero-order valence-corrected chi connectivity index (χ0v) is 15.3. The average molecular weight is 358 g/mol. The van der Waals surface area contributed by atoms with Gasteiger partial charge in [-0.05, 0) is 56.6 Å². The maximum Gasteiger partial charge on any atom is 0.146 e. The van der Waals surface area contributed by atoms with Crippen molar-refractivity contribution in [3.63, 3.8) is 0 Å². The largest absolute Gasteiger partial charge is 0.378 e. The van der Waals surface area contributed by atoms with E-state index in [-0.39, 0.29) is 18.2 Å². The first kappa shape index (κ1) is 19.4. The summed E-state index contributed by atoms with van der Waals surface area (Å²) < 4.78 is 19.8. The minimum absolute atomic E-state index is 0. The van der Waals surface area contributed by atoms with Crippen LogP contribution in [0.5, 0.6) is 0 Å². The third-order valence-corrected chi connectivity index (χ3v) is 4.87. The van der Waals surface area contributed by atoms with E-state index in [1.807, 2.05) is 13.1 Å². The monoisotopic (exact) mass is 357 g/mol. The molecular formula is C18H29ClFN3O. The second-order valence-electron chi connectivity index (χ2n) is 6.69. The first-order valence-corrected chi connectivity index (χ1v) is 8.74. The number of likely N-dealkylation sites (tertiary alicyclic amines) is 1. The Balaban J connectivity index is 0.00000208. The molecule has 1 atom stereocenters. The van der Waals surface area contributed by atoms with Crippen molar-refractivity contribution in [3.8, 4) is 0 Å². The van der Waals surface area contributed by atoms with Gasteiger partial charge in [-0.15, -0.1) is 12.4 Å². The van der Waals surface area contributed by atoms with Crippen LogP contribution < -0.4 is 10.2 Å². The summed E-state index contributed by atoms with van der Waals surface area (Å²) in [5.41, 5.74) is 1.79. The smallest absolute Gasteiger partial charge is 0.146 e. The normalized spacial score (nSPS) is 22.2. The van der Waals surface area contributed by atoms with Gasteiger partial charge in [0.05, 0.1) is 18.9 Å². The van der Waals surface area contributed by atoms with Crippen LogP contribution in [0.2, 0.25) is 0 Å². The molecule has 6 heteroatoms. The lowest BCUT2D eigenvalue weighted by atomic mass is 9.97. The molecule has 2 saturated heterocycles. The lowest BCUT2D eigenvalue weighted by Crippen LogP contribution is -2.38. The van der Waals surface area contributed by atoms with Crippen molar-refractivity contribution in [2.45, 2.75) is 19.4 Å². The van der Waals surface area contributed by atoms with E-state index in [2.05, 4.69) is 21.2 Å². The number of nitrogens with one attached hydrogen (secondary N) is 1. The molecule has 0 saturated carbocycles. The maximum atomic E-state index is 14.5. The van der Waals surface area contributed by atoms with E-state index < -0.39 is 0 Å². The van der Waals surface area contributed by atoms with Crippen LogP contribution in [0, 0.1) is 11.7 Å². The van der Waals surface area contributed by atoms with Gasteiger partial charge < -0.3 is 15.0 Å². The lowest BCUT2D eigenvalue weighted by molar-refractivity contribution is 0.122. The average Bonchev–Trinajstić information content (AvgIpc) is 2.56. The number of ether oxygens (including phenoxy) is 1. The minimum atomic E-state index is -0.104. The summed E-state index contributed by atoms with van der Waals surface area (Å²) in [6.07, 6.45) is 2.53. The summed E-state index contributed by atoms with van der Waals surface area (Å²) in [6.45, 7) is 7.05. The van der Waals surface area contributed by atoms with Crippen molar-refractivity contribution < 1.29 is 9.13 Å². The Kier molecular flexibility index (Phi) is 7.75. The zero-order chi connectivity index (χ0) is 16.1. The lowest BCUT2D eigenvalue weighted by Gasteiger charge is -2.33. The SMILES string of the molecule is CNCC1CCCN(Cc2ccc(N3CCOCC3)c(F)c2)C1.Cl. The van der Waals surface area contributed by atoms with Crippen LogP contribution in [0.15, 0.2) is 18.2 Å². The first-order valence-electron chi connectivity index (χ1n) is 8.74. The second-order valence-corrected chi connectivity index (χ2v) is 6.69. The molecule has 0 bridgehead atoms. The molecule has 2 aliphatic heterocycles. The van der Waals surface area contributed by atoms with Crippen LogP contribution >= 0.6 is 12.4 Å². The Bertz CT molecular complexity index is 509. The van der Waals surface area contributed by atoms with E-state index in [9.17, 15) is 4.39 Å². The van der Waals surface area contributed by atoms with Gasteiger partial charge in [0.15, 0.2) is 0 Å². The van der Waals surface area contributed by atoms with Gasteiger partial charge in [-0.2, -0.15) is 0 Å². The Labute approximate surface area is 150 Å². The molecule has 2 fully saturated rings. The fourth-order valence-electron chi connectivity index (χ4n) is 3.72. The third kappa shape index (κ3) is 5.06. The summed E-state index contributed by atoms with van der Waals surface area (Å²) in [5.74, 6) is 0.611. The highest BCUT2D eigenvalue weighted by molar-refractivity contribution is 5.85. The topological polar surface area (TPSA) is 27.7 Å². The van der Waals surface area contributed by atoms with Gasteiger partial charge in [0.2, 0.25) is 0 Å². The fourth-order valence-corrected chi connectivity index (χ4v) is 3.72. The third-order valence-electron chi connectivity index (χ3n) is 4.87. The Hall–Kier alpha value is -0.880. The molecule has 4 nitrogen and oxygen atoms in total. The van der Waals surface area contributed by atoms with Crippen LogP contribution in [0.25, 0.3) is 0 Å². The van der Waals surface area contributed by atoms with Crippen molar-refractivity contribution in [1.29, 1.82) is 0 Å². The molecule has 3 rings (SSSR count). The van der Waals surface area contributed by atoms with Gasteiger partial charge in [-0.3, -0.25) is 4.90 Å². The molecule has 24 heavy (non-hydrogen) atoms. The molecular weight excluding hydrogens is 329 g/mol. The van der Waals surface area contributed by atoms with Crippen molar-refractivity contribution in [1.82, 2.24) is 10.2 Å². The number of rotatable bonds is 5. The molecule has 1 unspecified atom stereocenters. The van der Waals surface area contributed by atoms with E-state index in [4.69, 9.17) is 4.74 Å². The molecule has 136 valence electrons. The summed E-state index contributed by atoms with van der Waals surface area (Å²) in [7, 11) is 2.01. The van der Waals surface area contributed by atoms with Crippen molar-refractivity contribution in [2.24, 2.45) is 5.92 Å². The summed E-state index contributed by atoms with van der Waals surface area (Å²) >= 11 is 0. The highest BCUT2D eigenvalue weighted by Crippen LogP contribution is 2.23. The van der Waals surface area contributed by atoms with E-state index >= 15 is 0 Å². The molecule has 0 amide bonds.